The van der Waals surface area contributed by atoms with Crippen LogP contribution in [0, 0.1) is 11.3 Å². The van der Waals surface area contributed by atoms with Crippen LogP contribution in [0.5, 0.6) is 5.75 Å². The summed E-state index contributed by atoms with van der Waals surface area (Å²) in [5.41, 5.74) is 0.285. The summed E-state index contributed by atoms with van der Waals surface area (Å²) in [4.78, 5) is 10.5. The molecule has 0 fully saturated rings. The molecule has 2 atom stereocenters. The number of carboxylic acids is 1. The number of nitrogens with zero attached hydrogens (tertiary/aromatic N) is 1. The molecule has 0 saturated heterocycles. The van der Waals surface area contributed by atoms with Gasteiger partial charge < -0.3 is 20.4 Å². The Balaban J connectivity index is 3.06. The number of carboxylic acid groups (broad SMARTS) is 1. The molecule has 0 bridgehead atoms. The highest BCUT2D eigenvalue weighted by Gasteiger charge is 2.21. The largest absolute Gasteiger partial charge is 0.508 e. The third-order valence-electron chi connectivity index (χ3n) is 2.20. The maximum atomic E-state index is 10.5. The molecule has 1 aromatic carbocycles. The Morgan fingerprint density at radius 1 is 1.41 bits per heavy atom. The first kappa shape index (κ1) is 13.0. The fraction of sp³-hybridized carbons (Fsp3) is 0.273. The van der Waals surface area contributed by atoms with E-state index in [4.69, 9.17) is 15.5 Å². The van der Waals surface area contributed by atoms with Gasteiger partial charge in [0.2, 0.25) is 0 Å². The second-order valence-electron chi connectivity index (χ2n) is 3.48. The number of hydrogen-bond acceptors (Lipinski definition) is 5. The number of carbonyl (C=O) groups is 1. The Bertz CT molecular complexity index is 465. The van der Waals surface area contributed by atoms with E-state index >= 15 is 0 Å². The van der Waals surface area contributed by atoms with Crippen molar-refractivity contribution in [2.75, 3.05) is 0 Å². The summed E-state index contributed by atoms with van der Waals surface area (Å²) in [5, 5.41) is 45.2. The predicted molar refractivity (Wildman–Crippen MR) is 56.0 cm³/mol. The number of phenols is 1. The highest BCUT2D eigenvalue weighted by atomic mass is 16.4. The molecule has 17 heavy (non-hydrogen) atoms. The SMILES string of the molecule is N#CC(O)C(O)c1cc(CC(=O)O)ccc1O. The lowest BCUT2D eigenvalue weighted by Crippen LogP contribution is -2.16. The van der Waals surface area contributed by atoms with Crippen LogP contribution in [0.15, 0.2) is 18.2 Å². The second-order valence-corrected chi connectivity index (χ2v) is 3.48. The Morgan fingerprint density at radius 3 is 2.59 bits per heavy atom. The second kappa shape index (κ2) is 5.30. The van der Waals surface area contributed by atoms with Gasteiger partial charge in [-0.3, -0.25) is 4.79 Å². The number of hydrogen-bond donors (Lipinski definition) is 4. The van der Waals surface area contributed by atoms with E-state index in [0.29, 0.717) is 5.56 Å². The normalized spacial score (nSPS) is 13.7. The van der Waals surface area contributed by atoms with E-state index in [-0.39, 0.29) is 17.7 Å². The van der Waals surface area contributed by atoms with Crippen LogP contribution in [0.2, 0.25) is 0 Å². The molecule has 0 aliphatic heterocycles. The average Bonchev–Trinajstić information content (AvgIpc) is 2.29. The van der Waals surface area contributed by atoms with Gasteiger partial charge >= 0.3 is 5.97 Å². The average molecular weight is 237 g/mol. The molecule has 2 unspecified atom stereocenters. The summed E-state index contributed by atoms with van der Waals surface area (Å²) in [7, 11) is 0. The molecular formula is C11H11NO5. The molecule has 0 heterocycles. The smallest absolute Gasteiger partial charge is 0.307 e. The van der Waals surface area contributed by atoms with Gasteiger partial charge in [-0.25, -0.2) is 0 Å². The molecule has 0 radical (unpaired) electrons. The monoisotopic (exact) mass is 237 g/mol. The van der Waals surface area contributed by atoms with Gasteiger partial charge in [-0.2, -0.15) is 5.26 Å². The van der Waals surface area contributed by atoms with Crippen LogP contribution in [0.4, 0.5) is 0 Å². The standard InChI is InChI=1S/C11H11NO5/c12-5-9(14)11(17)7-3-6(4-10(15)16)1-2-8(7)13/h1-3,9,11,13-14,17H,4H2,(H,15,16). The molecule has 6 nitrogen and oxygen atoms in total. The minimum atomic E-state index is -1.68. The summed E-state index contributed by atoms with van der Waals surface area (Å²) in [5.74, 6) is -1.36. The van der Waals surface area contributed by atoms with E-state index in [1.165, 1.54) is 24.3 Å². The van der Waals surface area contributed by atoms with E-state index in [1.54, 1.807) is 0 Å². The number of aliphatic carboxylic acids is 1. The highest BCUT2D eigenvalue weighted by molar-refractivity contribution is 5.70. The first-order chi connectivity index (χ1) is 7.95. The molecule has 90 valence electrons. The number of nitriles is 1. The van der Waals surface area contributed by atoms with E-state index in [1.807, 2.05) is 0 Å². The lowest BCUT2D eigenvalue weighted by atomic mass is 10.00. The number of rotatable bonds is 4. The molecular weight excluding hydrogens is 226 g/mol. The number of aliphatic hydroxyl groups is 2. The third kappa shape index (κ3) is 3.17. The number of phenolic OH excluding ortho intramolecular Hbond substituents is 1. The Kier molecular flexibility index (Phi) is 4.04. The zero-order chi connectivity index (χ0) is 13.0. The lowest BCUT2D eigenvalue weighted by Gasteiger charge is -2.14. The van der Waals surface area contributed by atoms with E-state index in [9.17, 15) is 15.0 Å². The number of aliphatic hydroxyl groups excluding tert-OH is 2. The molecule has 6 heteroatoms. The maximum absolute atomic E-state index is 10.5. The van der Waals surface area contributed by atoms with Crippen LogP contribution in [-0.2, 0) is 11.2 Å². The first-order valence-corrected chi connectivity index (χ1v) is 4.75. The van der Waals surface area contributed by atoms with E-state index < -0.39 is 18.2 Å². The molecule has 0 amide bonds. The van der Waals surface area contributed by atoms with Crippen molar-refractivity contribution in [3.8, 4) is 11.8 Å². The van der Waals surface area contributed by atoms with Gasteiger partial charge in [0.25, 0.3) is 0 Å². The van der Waals surface area contributed by atoms with Gasteiger partial charge in [-0.1, -0.05) is 6.07 Å². The number of benzene rings is 1. The van der Waals surface area contributed by atoms with Crippen molar-refractivity contribution < 1.29 is 25.2 Å². The zero-order valence-electron chi connectivity index (χ0n) is 8.74. The van der Waals surface area contributed by atoms with Gasteiger partial charge in [0.05, 0.1) is 12.5 Å². The third-order valence-corrected chi connectivity index (χ3v) is 2.20. The minimum absolute atomic E-state index is 0.0715. The molecule has 0 aliphatic rings. The Hall–Kier alpha value is -2.10. The Morgan fingerprint density at radius 2 is 2.06 bits per heavy atom. The zero-order valence-corrected chi connectivity index (χ0v) is 8.74. The van der Waals surface area contributed by atoms with Crippen molar-refractivity contribution in [1.29, 1.82) is 5.26 Å². The van der Waals surface area contributed by atoms with Gasteiger partial charge in [-0.05, 0) is 17.7 Å². The molecule has 0 aliphatic carbocycles. The Labute approximate surface area is 97.0 Å². The maximum Gasteiger partial charge on any atom is 0.307 e. The molecule has 1 rings (SSSR count). The van der Waals surface area contributed by atoms with Gasteiger partial charge in [0, 0.05) is 5.56 Å². The summed E-state index contributed by atoms with van der Waals surface area (Å²) in [6.07, 6.45) is -3.53. The molecule has 0 saturated carbocycles. The number of aromatic hydroxyl groups is 1. The highest BCUT2D eigenvalue weighted by Crippen LogP contribution is 2.27. The van der Waals surface area contributed by atoms with Crippen LogP contribution in [0.1, 0.15) is 17.2 Å². The first-order valence-electron chi connectivity index (χ1n) is 4.75. The molecule has 0 aromatic heterocycles. The lowest BCUT2D eigenvalue weighted by molar-refractivity contribution is -0.136. The van der Waals surface area contributed by atoms with Crippen molar-refractivity contribution in [3.05, 3.63) is 29.3 Å². The topological polar surface area (TPSA) is 122 Å². The van der Waals surface area contributed by atoms with Gasteiger partial charge in [0.15, 0.2) is 6.10 Å². The quantitative estimate of drug-likeness (QED) is 0.544. The van der Waals surface area contributed by atoms with Gasteiger partial charge in [-0.15, -0.1) is 0 Å². The fourth-order valence-corrected chi connectivity index (χ4v) is 1.37. The van der Waals surface area contributed by atoms with Crippen molar-refractivity contribution in [2.24, 2.45) is 0 Å². The molecule has 0 spiro atoms. The van der Waals surface area contributed by atoms with Crippen LogP contribution in [0.3, 0.4) is 0 Å². The summed E-state index contributed by atoms with van der Waals surface area (Å²) in [6.45, 7) is 0. The molecule has 1 aromatic rings. The van der Waals surface area contributed by atoms with Gasteiger partial charge in [0.1, 0.15) is 11.9 Å². The molecule has 4 N–H and O–H groups in total. The summed E-state index contributed by atoms with van der Waals surface area (Å²) >= 11 is 0. The van der Waals surface area contributed by atoms with Crippen molar-refractivity contribution >= 4 is 5.97 Å². The van der Waals surface area contributed by atoms with Crippen molar-refractivity contribution in [2.45, 2.75) is 18.6 Å². The van der Waals surface area contributed by atoms with Crippen LogP contribution >= 0.6 is 0 Å². The fourth-order valence-electron chi connectivity index (χ4n) is 1.37. The summed E-state index contributed by atoms with van der Waals surface area (Å²) < 4.78 is 0. The van der Waals surface area contributed by atoms with Crippen LogP contribution in [0.25, 0.3) is 0 Å². The predicted octanol–water partition coefficient (Wildman–Crippen LogP) is -0.0628. The van der Waals surface area contributed by atoms with Crippen molar-refractivity contribution in [3.63, 3.8) is 0 Å². The summed E-state index contributed by atoms with van der Waals surface area (Å²) in [6, 6.07) is 5.27. The van der Waals surface area contributed by atoms with Crippen molar-refractivity contribution in [1.82, 2.24) is 0 Å². The van der Waals surface area contributed by atoms with E-state index in [2.05, 4.69) is 0 Å². The van der Waals surface area contributed by atoms with Crippen LogP contribution in [-0.4, -0.2) is 32.5 Å². The van der Waals surface area contributed by atoms with E-state index in [0.717, 1.165) is 0 Å². The van der Waals surface area contributed by atoms with Crippen LogP contribution < -0.4 is 0 Å². The minimum Gasteiger partial charge on any atom is -0.508 e.